The molecule has 5 nitrogen and oxygen atoms in total. The summed E-state index contributed by atoms with van der Waals surface area (Å²) in [7, 11) is -7.83. The van der Waals surface area contributed by atoms with Gasteiger partial charge in [0.25, 0.3) is 0 Å². The van der Waals surface area contributed by atoms with E-state index >= 15 is 0 Å². The van der Waals surface area contributed by atoms with Crippen molar-refractivity contribution in [2.45, 2.75) is 104 Å². The number of halogens is 3. The molecule has 0 fully saturated rings. The van der Waals surface area contributed by atoms with Gasteiger partial charge in [0.2, 0.25) is 5.45 Å². The minimum absolute atomic E-state index is 0.471. The van der Waals surface area contributed by atoms with Crippen molar-refractivity contribution in [2.24, 2.45) is 0 Å². The summed E-state index contributed by atoms with van der Waals surface area (Å²) < 4.78 is 64.0. The molecular weight excluding hydrogens is 565 g/mol. The van der Waals surface area contributed by atoms with Crippen LogP contribution in [-0.4, -0.2) is 31.1 Å². The van der Waals surface area contributed by atoms with Crippen molar-refractivity contribution in [3.8, 4) is 11.4 Å². The highest BCUT2D eigenvalue weighted by molar-refractivity contribution is 7.86. The molecule has 1 aromatic heterocycles. The van der Waals surface area contributed by atoms with Crippen molar-refractivity contribution in [1.82, 2.24) is 4.57 Å². The summed E-state index contributed by atoms with van der Waals surface area (Å²) in [6.45, 7) is 26.0. The summed E-state index contributed by atoms with van der Waals surface area (Å²) in [6.07, 6.45) is 4.67. The zero-order valence-corrected chi connectivity index (χ0v) is 27.9. The number of hydrogen-bond acceptors (Lipinski definition) is 3. The SMILES string of the molecule is CC(C)c1cccc(C(C)C)c1-n1cc[n+](-c2c(C(C)C)cccc2C(C)C)c1[Si](C)(C)C.O=S(=O)([O-])C(F)(F)F. The Hall–Kier alpha value is -2.43. The van der Waals surface area contributed by atoms with Crippen LogP contribution in [0, 0.1) is 0 Å². The third kappa shape index (κ3) is 7.90. The van der Waals surface area contributed by atoms with E-state index in [0.29, 0.717) is 23.7 Å². The molecule has 2 aromatic carbocycles. The number of nitrogens with zero attached hydrogens (tertiary/aromatic N) is 2. The Balaban J connectivity index is 0.000000642. The van der Waals surface area contributed by atoms with Gasteiger partial charge in [-0.15, -0.1) is 0 Å². The number of para-hydroxylation sites is 2. The molecule has 0 aliphatic rings. The summed E-state index contributed by atoms with van der Waals surface area (Å²) in [5, 5.41) is 0. The third-order valence-electron chi connectivity index (χ3n) is 6.94. The van der Waals surface area contributed by atoms with Crippen LogP contribution in [-0.2, 0) is 10.1 Å². The van der Waals surface area contributed by atoms with Crippen molar-refractivity contribution in [2.75, 3.05) is 0 Å². The fourth-order valence-electron chi connectivity index (χ4n) is 5.05. The van der Waals surface area contributed by atoms with Gasteiger partial charge in [-0.1, -0.05) is 111 Å². The predicted molar refractivity (Wildman–Crippen MR) is 162 cm³/mol. The number of rotatable bonds is 7. The first-order chi connectivity index (χ1) is 18.6. The molecule has 0 aliphatic carbocycles. The van der Waals surface area contributed by atoms with E-state index in [9.17, 15) is 13.2 Å². The molecule has 228 valence electrons. The van der Waals surface area contributed by atoms with E-state index in [1.54, 1.807) is 0 Å². The van der Waals surface area contributed by atoms with E-state index in [4.69, 9.17) is 13.0 Å². The molecule has 0 aliphatic heterocycles. The summed E-state index contributed by atoms with van der Waals surface area (Å²) in [5.41, 5.74) is 4.35. The van der Waals surface area contributed by atoms with Gasteiger partial charge in [0, 0.05) is 22.3 Å². The lowest BCUT2D eigenvalue weighted by molar-refractivity contribution is -0.577. The fraction of sp³-hybridized carbons (Fsp3) is 0.516. The second kappa shape index (κ2) is 12.8. The number of alkyl halides is 3. The molecule has 0 amide bonds. The second-order valence-electron chi connectivity index (χ2n) is 12.7. The van der Waals surface area contributed by atoms with E-state index in [2.05, 4.69) is 133 Å². The van der Waals surface area contributed by atoms with Crippen LogP contribution in [0.3, 0.4) is 0 Å². The van der Waals surface area contributed by atoms with Gasteiger partial charge in [-0.3, -0.25) is 0 Å². The zero-order valence-electron chi connectivity index (χ0n) is 26.1. The van der Waals surface area contributed by atoms with E-state index in [-0.39, 0.29) is 0 Å². The Morgan fingerprint density at radius 3 is 1.39 bits per heavy atom. The van der Waals surface area contributed by atoms with Gasteiger partial charge in [-0.25, -0.2) is 17.6 Å². The molecule has 3 rings (SSSR count). The van der Waals surface area contributed by atoms with Gasteiger partial charge in [-0.2, -0.15) is 13.2 Å². The molecule has 1 heterocycles. The van der Waals surface area contributed by atoms with Crippen molar-refractivity contribution < 1.29 is 30.7 Å². The van der Waals surface area contributed by atoms with Crippen molar-refractivity contribution >= 4 is 23.6 Å². The van der Waals surface area contributed by atoms with Gasteiger partial charge in [0.1, 0.15) is 23.8 Å². The molecule has 41 heavy (non-hydrogen) atoms. The van der Waals surface area contributed by atoms with Crippen LogP contribution in [0.2, 0.25) is 19.6 Å². The average molecular weight is 611 g/mol. The molecule has 0 unspecified atom stereocenters. The Morgan fingerprint density at radius 1 is 0.756 bits per heavy atom. The standard InChI is InChI=1S/C30H45N2Si.CHF3O3S/c1-20(2)24-14-12-15-25(21(3)4)28(24)31-18-19-32(30(31)33(9,10)11)29-26(22(5)6)16-13-17-27(29)23(7)8;2-1(3,4)8(5,6)7/h12-23H,1-11H3;(H,5,6,7)/q+1;/p-1. The molecular formula is C31H45F3N2O3SSi. The zero-order chi connectivity index (χ0) is 31.7. The topological polar surface area (TPSA) is 66.0 Å². The number of hydrogen-bond donors (Lipinski definition) is 0. The van der Waals surface area contributed by atoms with Crippen LogP contribution >= 0.6 is 0 Å². The summed E-state index contributed by atoms with van der Waals surface area (Å²) in [6, 6.07) is 13.8. The molecule has 0 saturated carbocycles. The van der Waals surface area contributed by atoms with E-state index in [0.717, 1.165) is 0 Å². The van der Waals surface area contributed by atoms with Crippen LogP contribution in [0.1, 0.15) is 101 Å². The van der Waals surface area contributed by atoms with E-state index in [1.807, 2.05) is 0 Å². The Bertz CT molecular complexity index is 1320. The average Bonchev–Trinajstić information content (AvgIpc) is 3.27. The Labute approximate surface area is 245 Å². The highest BCUT2D eigenvalue weighted by Crippen LogP contribution is 2.32. The molecule has 0 atom stereocenters. The lowest BCUT2D eigenvalue weighted by Gasteiger charge is -2.23. The highest BCUT2D eigenvalue weighted by Gasteiger charge is 2.38. The first kappa shape index (κ1) is 34.8. The Morgan fingerprint density at radius 2 is 1.10 bits per heavy atom. The van der Waals surface area contributed by atoms with E-state index < -0.39 is 23.7 Å². The van der Waals surface area contributed by atoms with Crippen LogP contribution < -0.4 is 10.0 Å². The minimum Gasteiger partial charge on any atom is -0.741 e. The fourth-order valence-corrected chi connectivity index (χ4v) is 6.87. The lowest BCUT2D eigenvalue weighted by Crippen LogP contribution is -2.61. The molecule has 10 heteroatoms. The van der Waals surface area contributed by atoms with Gasteiger partial charge in [0.05, 0.1) is 0 Å². The Kier molecular flexibility index (Phi) is 10.9. The monoisotopic (exact) mass is 610 g/mol. The third-order valence-corrected chi connectivity index (χ3v) is 9.33. The number of imidazole rings is 1. The lowest BCUT2D eigenvalue weighted by atomic mass is 9.92. The summed E-state index contributed by atoms with van der Waals surface area (Å²) in [5.74, 6) is 1.88. The first-order valence-corrected chi connectivity index (χ1v) is 18.9. The van der Waals surface area contributed by atoms with Crippen molar-refractivity contribution in [3.05, 3.63) is 71.0 Å². The number of aromatic nitrogens is 2. The highest BCUT2D eigenvalue weighted by atomic mass is 32.2. The smallest absolute Gasteiger partial charge is 0.485 e. The summed E-state index contributed by atoms with van der Waals surface area (Å²) >= 11 is 0. The van der Waals surface area contributed by atoms with Crippen LogP contribution in [0.5, 0.6) is 0 Å². The largest absolute Gasteiger partial charge is 0.741 e. The van der Waals surface area contributed by atoms with Crippen LogP contribution in [0.15, 0.2) is 48.8 Å². The van der Waals surface area contributed by atoms with Gasteiger partial charge in [-0.05, 0) is 23.7 Å². The van der Waals surface area contributed by atoms with Crippen LogP contribution in [0.4, 0.5) is 13.2 Å². The van der Waals surface area contributed by atoms with Crippen molar-refractivity contribution in [1.29, 1.82) is 0 Å². The van der Waals surface area contributed by atoms with Crippen molar-refractivity contribution in [3.63, 3.8) is 0 Å². The van der Waals surface area contributed by atoms with Gasteiger partial charge >= 0.3 is 5.51 Å². The molecule has 0 radical (unpaired) electrons. The molecule has 0 saturated heterocycles. The maximum absolute atomic E-state index is 10.7. The molecule has 0 bridgehead atoms. The van der Waals surface area contributed by atoms with Crippen LogP contribution in [0.25, 0.3) is 11.4 Å². The van der Waals surface area contributed by atoms with Gasteiger partial charge < -0.3 is 4.55 Å². The molecule has 0 spiro atoms. The summed E-state index contributed by atoms with van der Waals surface area (Å²) in [4.78, 5) is 0. The second-order valence-corrected chi connectivity index (χ2v) is 19.0. The maximum atomic E-state index is 10.7. The number of benzene rings is 2. The van der Waals surface area contributed by atoms with Gasteiger partial charge in [0.15, 0.2) is 18.2 Å². The first-order valence-electron chi connectivity index (χ1n) is 14.0. The predicted octanol–water partition coefficient (Wildman–Crippen LogP) is 7.84. The maximum Gasteiger partial charge on any atom is 0.485 e. The molecule has 3 aromatic rings. The van der Waals surface area contributed by atoms with E-state index in [1.165, 1.54) is 39.1 Å². The quantitative estimate of drug-likeness (QED) is 0.118. The normalized spacial score (nSPS) is 12.9. The minimum atomic E-state index is -6.09. The molecule has 0 N–H and O–H groups in total.